The number of nitrogens with zero attached hydrogens (tertiary/aromatic N) is 2. The van der Waals surface area contributed by atoms with E-state index in [0.29, 0.717) is 0 Å². The van der Waals surface area contributed by atoms with Crippen molar-refractivity contribution in [2.24, 2.45) is 5.92 Å². The second-order valence-electron chi connectivity index (χ2n) is 5.55. The Hall–Kier alpha value is -1.13. The predicted octanol–water partition coefficient (Wildman–Crippen LogP) is 2.44. The molecule has 2 heterocycles. The van der Waals surface area contributed by atoms with E-state index >= 15 is 0 Å². The number of nitrogens with one attached hydrogen (secondary N) is 1. The minimum atomic E-state index is 0.748. The van der Waals surface area contributed by atoms with Crippen LogP contribution in [0.5, 0.6) is 0 Å². The van der Waals surface area contributed by atoms with Crippen molar-refractivity contribution in [1.29, 1.82) is 0 Å². The van der Waals surface area contributed by atoms with Gasteiger partial charge in [-0.2, -0.15) is 0 Å². The van der Waals surface area contributed by atoms with Crippen LogP contribution in [0.3, 0.4) is 0 Å². The Kier molecular flexibility index (Phi) is 6.27. The van der Waals surface area contributed by atoms with Gasteiger partial charge in [0.15, 0.2) is 0 Å². The molecule has 2 rings (SSSR count). The van der Waals surface area contributed by atoms with Crippen molar-refractivity contribution in [3.05, 3.63) is 23.9 Å². The number of ether oxygens (including phenoxy) is 1. The van der Waals surface area contributed by atoms with Gasteiger partial charge in [0.2, 0.25) is 0 Å². The second-order valence-corrected chi connectivity index (χ2v) is 5.55. The molecule has 0 saturated carbocycles. The molecule has 4 nitrogen and oxygen atoms in total. The number of methoxy groups -OCH3 is 1. The normalized spacial score (nSPS) is 18.7. The van der Waals surface area contributed by atoms with Gasteiger partial charge in [-0.3, -0.25) is 0 Å². The van der Waals surface area contributed by atoms with Gasteiger partial charge in [0, 0.05) is 45.0 Å². The van der Waals surface area contributed by atoms with E-state index in [9.17, 15) is 0 Å². The summed E-state index contributed by atoms with van der Waals surface area (Å²) in [5, 5.41) is 3.41. The van der Waals surface area contributed by atoms with Crippen molar-refractivity contribution in [3.8, 4) is 0 Å². The first-order valence-electron chi connectivity index (χ1n) is 7.73. The first-order chi connectivity index (χ1) is 9.85. The molecule has 1 N–H and O–H groups in total. The van der Waals surface area contributed by atoms with Crippen LogP contribution < -0.4 is 10.2 Å². The van der Waals surface area contributed by atoms with Crippen LogP contribution in [0.2, 0.25) is 0 Å². The maximum atomic E-state index is 5.06. The summed E-state index contributed by atoms with van der Waals surface area (Å²) in [6, 6.07) is 4.20. The van der Waals surface area contributed by atoms with E-state index in [2.05, 4.69) is 28.2 Å². The van der Waals surface area contributed by atoms with E-state index < -0.39 is 0 Å². The fraction of sp³-hybridized carbons (Fsp3) is 0.688. The maximum Gasteiger partial charge on any atom is 0.133 e. The number of aromatic nitrogens is 1. The van der Waals surface area contributed by atoms with Crippen molar-refractivity contribution in [2.45, 2.75) is 32.7 Å². The molecule has 1 aliphatic rings. The zero-order chi connectivity index (χ0) is 14.2. The summed E-state index contributed by atoms with van der Waals surface area (Å²) in [6.45, 7) is 7.07. The molecule has 112 valence electrons. The lowest BCUT2D eigenvalue weighted by Gasteiger charge is -2.21. The van der Waals surface area contributed by atoms with Gasteiger partial charge in [-0.1, -0.05) is 19.4 Å². The van der Waals surface area contributed by atoms with Crippen LogP contribution in [0.4, 0.5) is 5.82 Å². The summed E-state index contributed by atoms with van der Waals surface area (Å²) in [5.74, 6) is 2.01. The number of hydrogen-bond donors (Lipinski definition) is 1. The van der Waals surface area contributed by atoms with E-state index in [-0.39, 0.29) is 0 Å². The minimum absolute atomic E-state index is 0.748. The Balaban J connectivity index is 1.94. The highest BCUT2D eigenvalue weighted by atomic mass is 16.5. The van der Waals surface area contributed by atoms with Gasteiger partial charge in [0.05, 0.1) is 6.61 Å². The predicted molar refractivity (Wildman–Crippen MR) is 83.0 cm³/mol. The van der Waals surface area contributed by atoms with Crippen molar-refractivity contribution >= 4 is 5.82 Å². The van der Waals surface area contributed by atoms with E-state index in [1.165, 1.54) is 24.8 Å². The van der Waals surface area contributed by atoms with Gasteiger partial charge in [0.1, 0.15) is 5.82 Å². The highest BCUT2D eigenvalue weighted by Gasteiger charge is 2.24. The molecule has 0 amide bonds. The molecule has 1 unspecified atom stereocenters. The molecule has 20 heavy (non-hydrogen) atoms. The third-order valence-electron chi connectivity index (χ3n) is 3.95. The van der Waals surface area contributed by atoms with Crippen molar-refractivity contribution in [2.75, 3.05) is 38.3 Å². The molecule has 1 aromatic heterocycles. The Bertz CT molecular complexity index is 397. The quantitative estimate of drug-likeness (QED) is 0.741. The lowest BCUT2D eigenvalue weighted by atomic mass is 10.0. The summed E-state index contributed by atoms with van der Waals surface area (Å²) in [6.07, 6.45) is 5.83. The molecule has 1 aliphatic heterocycles. The fourth-order valence-corrected chi connectivity index (χ4v) is 2.92. The molecule has 0 bridgehead atoms. The van der Waals surface area contributed by atoms with Gasteiger partial charge in [-0.05, 0) is 24.8 Å². The largest absolute Gasteiger partial charge is 0.383 e. The lowest BCUT2D eigenvalue weighted by molar-refractivity contribution is 0.199. The molecular weight excluding hydrogens is 250 g/mol. The molecule has 0 aromatic carbocycles. The van der Waals surface area contributed by atoms with Gasteiger partial charge in [-0.25, -0.2) is 4.98 Å². The summed E-state index contributed by atoms with van der Waals surface area (Å²) in [5.41, 5.74) is 1.29. The summed E-state index contributed by atoms with van der Waals surface area (Å²) < 4.78 is 5.06. The number of rotatable bonds is 8. The average Bonchev–Trinajstić information content (AvgIpc) is 2.93. The summed E-state index contributed by atoms with van der Waals surface area (Å²) >= 11 is 0. The van der Waals surface area contributed by atoms with E-state index in [1.807, 2.05) is 12.3 Å². The molecule has 4 heteroatoms. The number of pyridine rings is 1. The molecule has 1 saturated heterocycles. The first-order valence-corrected chi connectivity index (χ1v) is 7.73. The third kappa shape index (κ3) is 4.18. The van der Waals surface area contributed by atoms with E-state index in [1.54, 1.807) is 7.11 Å². The Morgan fingerprint density at radius 1 is 1.50 bits per heavy atom. The Labute approximate surface area is 122 Å². The molecule has 1 aromatic rings. The minimum Gasteiger partial charge on any atom is -0.383 e. The smallest absolute Gasteiger partial charge is 0.133 e. The first kappa shape index (κ1) is 15.3. The average molecular weight is 277 g/mol. The van der Waals surface area contributed by atoms with Crippen molar-refractivity contribution in [1.82, 2.24) is 10.3 Å². The molecule has 1 atom stereocenters. The van der Waals surface area contributed by atoms with Crippen LogP contribution in [-0.4, -0.2) is 38.3 Å². The topological polar surface area (TPSA) is 37.4 Å². The third-order valence-corrected chi connectivity index (χ3v) is 3.95. The van der Waals surface area contributed by atoms with E-state index in [4.69, 9.17) is 4.74 Å². The number of anilines is 1. The second kappa shape index (κ2) is 8.22. The van der Waals surface area contributed by atoms with Gasteiger partial charge in [0.25, 0.3) is 0 Å². The zero-order valence-electron chi connectivity index (χ0n) is 12.8. The lowest BCUT2D eigenvalue weighted by Crippen LogP contribution is -2.25. The van der Waals surface area contributed by atoms with Crippen LogP contribution >= 0.6 is 0 Å². The Morgan fingerprint density at radius 2 is 2.40 bits per heavy atom. The molecule has 0 spiro atoms. The standard InChI is InChI=1S/C16H27N3O/c1-3-5-14-7-10-19(13-14)16-15(6-4-8-18-16)12-17-9-11-20-2/h4,6,8,14,17H,3,5,7,9-13H2,1-2H3. The summed E-state index contributed by atoms with van der Waals surface area (Å²) in [7, 11) is 1.73. The molecule has 0 aliphatic carbocycles. The van der Waals surface area contributed by atoms with Crippen molar-refractivity contribution < 1.29 is 4.74 Å². The monoisotopic (exact) mass is 277 g/mol. The Morgan fingerprint density at radius 3 is 3.20 bits per heavy atom. The van der Waals surface area contributed by atoms with Crippen LogP contribution in [0.25, 0.3) is 0 Å². The van der Waals surface area contributed by atoms with Crippen molar-refractivity contribution in [3.63, 3.8) is 0 Å². The SMILES string of the molecule is CCCC1CCN(c2ncccc2CNCCOC)C1. The highest BCUT2D eigenvalue weighted by molar-refractivity contribution is 5.47. The van der Waals surface area contributed by atoms with Crippen LogP contribution in [0, 0.1) is 5.92 Å². The molecule has 0 radical (unpaired) electrons. The van der Waals surface area contributed by atoms with Gasteiger partial charge in [-0.15, -0.1) is 0 Å². The highest BCUT2D eigenvalue weighted by Crippen LogP contribution is 2.27. The summed E-state index contributed by atoms with van der Waals surface area (Å²) in [4.78, 5) is 7.06. The van der Waals surface area contributed by atoms with Crippen LogP contribution in [0.15, 0.2) is 18.3 Å². The maximum absolute atomic E-state index is 5.06. The van der Waals surface area contributed by atoms with Gasteiger partial charge >= 0.3 is 0 Å². The van der Waals surface area contributed by atoms with Gasteiger partial charge < -0.3 is 15.0 Å². The fourth-order valence-electron chi connectivity index (χ4n) is 2.92. The number of hydrogen-bond acceptors (Lipinski definition) is 4. The van der Waals surface area contributed by atoms with Crippen LogP contribution in [0.1, 0.15) is 31.7 Å². The molecule has 1 fully saturated rings. The molecular formula is C16H27N3O. The van der Waals surface area contributed by atoms with E-state index in [0.717, 1.165) is 44.5 Å². The van der Waals surface area contributed by atoms with Crippen LogP contribution in [-0.2, 0) is 11.3 Å². The zero-order valence-corrected chi connectivity index (χ0v) is 12.8.